The molecule has 0 unspecified atom stereocenters. The third kappa shape index (κ3) is 4.54. The molecule has 0 radical (unpaired) electrons. The minimum Gasteiger partial charge on any atom is -0.406 e. The van der Waals surface area contributed by atoms with E-state index in [9.17, 15) is 18.0 Å². The highest BCUT2D eigenvalue weighted by Gasteiger charge is 2.35. The van der Waals surface area contributed by atoms with Crippen LogP contribution in [0, 0.1) is 0 Å². The lowest BCUT2D eigenvalue weighted by atomic mass is 10.0. The molecule has 122 valence electrons. The van der Waals surface area contributed by atoms with Crippen molar-refractivity contribution in [1.82, 2.24) is 5.32 Å². The molecule has 1 N–H and O–H groups in total. The minimum atomic E-state index is -4.74. The number of hydrogen-bond acceptors (Lipinski definition) is 4. The zero-order chi connectivity index (χ0) is 16.2. The van der Waals surface area contributed by atoms with Crippen LogP contribution in [-0.2, 0) is 4.74 Å². The van der Waals surface area contributed by atoms with Crippen LogP contribution in [0.15, 0.2) is 24.3 Å². The second-order valence-corrected chi connectivity index (χ2v) is 6.05. The molecular weight excluding hydrogens is 319 g/mol. The molecular formula is C14H16F3NO3S. The van der Waals surface area contributed by atoms with Gasteiger partial charge in [0, 0.05) is 25.0 Å². The smallest absolute Gasteiger partial charge is 0.406 e. The predicted octanol–water partition coefficient (Wildman–Crippen LogP) is 2.84. The number of carbonyl (C=O) groups excluding carboxylic acids is 1. The zero-order valence-electron chi connectivity index (χ0n) is 11.9. The van der Waals surface area contributed by atoms with Crippen molar-refractivity contribution in [3.05, 3.63) is 29.8 Å². The predicted molar refractivity (Wildman–Crippen MR) is 77.1 cm³/mol. The maximum atomic E-state index is 12.1. The van der Waals surface area contributed by atoms with Crippen molar-refractivity contribution in [2.75, 3.05) is 25.2 Å². The van der Waals surface area contributed by atoms with Crippen LogP contribution < -0.4 is 10.1 Å². The van der Waals surface area contributed by atoms with E-state index in [-0.39, 0.29) is 22.8 Å². The van der Waals surface area contributed by atoms with Crippen molar-refractivity contribution < 1.29 is 27.4 Å². The summed E-state index contributed by atoms with van der Waals surface area (Å²) in [5.74, 6) is 1.08. The lowest BCUT2D eigenvalue weighted by Crippen LogP contribution is -2.44. The third-order valence-corrected chi connectivity index (χ3v) is 4.64. The Bertz CT molecular complexity index is 513. The molecule has 1 aromatic rings. The van der Waals surface area contributed by atoms with Crippen LogP contribution in [0.3, 0.4) is 0 Å². The largest absolute Gasteiger partial charge is 0.573 e. The summed E-state index contributed by atoms with van der Waals surface area (Å²) >= 11 is 1.76. The fourth-order valence-electron chi connectivity index (χ4n) is 2.11. The van der Waals surface area contributed by atoms with E-state index < -0.39 is 6.36 Å². The number of nitrogens with one attached hydrogen (secondary N) is 1. The Morgan fingerprint density at radius 2 is 2.05 bits per heavy atom. The van der Waals surface area contributed by atoms with Gasteiger partial charge in [-0.3, -0.25) is 4.79 Å². The molecule has 1 saturated heterocycles. The molecule has 4 nitrogen and oxygen atoms in total. The molecule has 0 aliphatic carbocycles. The summed E-state index contributed by atoms with van der Waals surface area (Å²) in [4.78, 5) is 12.0. The molecule has 0 saturated carbocycles. The SMILES string of the molecule is CO[C@@]1(CNC(=O)c2ccc(OC(F)(F)F)cc2)CCSC1. The number of amides is 1. The van der Waals surface area contributed by atoms with Crippen molar-refractivity contribution in [3.63, 3.8) is 0 Å². The van der Waals surface area contributed by atoms with Crippen LogP contribution in [0.5, 0.6) is 5.75 Å². The van der Waals surface area contributed by atoms with Gasteiger partial charge < -0.3 is 14.8 Å². The first-order valence-electron chi connectivity index (χ1n) is 6.60. The van der Waals surface area contributed by atoms with Crippen LogP contribution in [0.4, 0.5) is 13.2 Å². The molecule has 2 rings (SSSR count). The van der Waals surface area contributed by atoms with E-state index in [2.05, 4.69) is 10.1 Å². The van der Waals surface area contributed by atoms with E-state index in [4.69, 9.17) is 4.74 Å². The molecule has 1 fully saturated rings. The van der Waals surface area contributed by atoms with Gasteiger partial charge in [0.2, 0.25) is 0 Å². The molecule has 1 aliphatic rings. The molecule has 1 amide bonds. The fraction of sp³-hybridized carbons (Fsp3) is 0.500. The highest BCUT2D eigenvalue weighted by molar-refractivity contribution is 7.99. The third-order valence-electron chi connectivity index (χ3n) is 3.42. The van der Waals surface area contributed by atoms with Gasteiger partial charge >= 0.3 is 6.36 Å². The van der Waals surface area contributed by atoms with Gasteiger partial charge in [-0.1, -0.05) is 0 Å². The van der Waals surface area contributed by atoms with Gasteiger partial charge in [0.1, 0.15) is 5.75 Å². The summed E-state index contributed by atoms with van der Waals surface area (Å²) < 4.78 is 45.4. The Kier molecular flexibility index (Phi) is 5.23. The van der Waals surface area contributed by atoms with Gasteiger partial charge in [-0.2, -0.15) is 11.8 Å². The van der Waals surface area contributed by atoms with Gasteiger partial charge in [-0.25, -0.2) is 0 Å². The Hall–Kier alpha value is -1.41. The summed E-state index contributed by atoms with van der Waals surface area (Å²) in [6, 6.07) is 4.80. The van der Waals surface area contributed by atoms with Crippen molar-refractivity contribution in [2.24, 2.45) is 0 Å². The molecule has 1 aromatic carbocycles. The summed E-state index contributed by atoms with van der Waals surface area (Å²) in [7, 11) is 1.61. The summed E-state index contributed by atoms with van der Waals surface area (Å²) in [6.07, 6.45) is -3.89. The number of hydrogen-bond donors (Lipinski definition) is 1. The maximum Gasteiger partial charge on any atom is 0.573 e. The van der Waals surface area contributed by atoms with E-state index in [0.29, 0.717) is 6.54 Å². The molecule has 0 bridgehead atoms. The summed E-state index contributed by atoms with van der Waals surface area (Å²) in [5, 5.41) is 2.76. The van der Waals surface area contributed by atoms with Crippen molar-refractivity contribution in [2.45, 2.75) is 18.4 Å². The summed E-state index contributed by atoms with van der Waals surface area (Å²) in [6.45, 7) is 0.371. The second kappa shape index (κ2) is 6.78. The Balaban J connectivity index is 1.92. The normalized spacial score (nSPS) is 21.6. The number of alkyl halides is 3. The topological polar surface area (TPSA) is 47.6 Å². The monoisotopic (exact) mass is 335 g/mol. The molecule has 22 heavy (non-hydrogen) atoms. The van der Waals surface area contributed by atoms with Crippen LogP contribution >= 0.6 is 11.8 Å². The minimum absolute atomic E-state index is 0.270. The van der Waals surface area contributed by atoms with Gasteiger partial charge in [0.05, 0.1) is 5.60 Å². The lowest BCUT2D eigenvalue weighted by Gasteiger charge is -2.26. The number of rotatable bonds is 5. The van der Waals surface area contributed by atoms with Crippen molar-refractivity contribution >= 4 is 17.7 Å². The first-order valence-corrected chi connectivity index (χ1v) is 7.76. The standard InChI is InChI=1S/C14H16F3NO3S/c1-20-13(6-7-22-9-13)8-18-12(19)10-2-4-11(5-3-10)21-14(15,16)17/h2-5H,6-9H2,1H3,(H,18,19)/t13-/m1/s1. The Morgan fingerprint density at radius 1 is 1.36 bits per heavy atom. The first-order chi connectivity index (χ1) is 10.3. The average molecular weight is 335 g/mol. The lowest BCUT2D eigenvalue weighted by molar-refractivity contribution is -0.274. The molecule has 1 atom stereocenters. The van der Waals surface area contributed by atoms with E-state index in [1.165, 1.54) is 12.1 Å². The number of halogens is 3. The van der Waals surface area contributed by atoms with Crippen molar-refractivity contribution in [3.8, 4) is 5.75 Å². The number of methoxy groups -OCH3 is 1. The number of carbonyl (C=O) groups is 1. The molecule has 8 heteroatoms. The van der Waals surface area contributed by atoms with E-state index in [1.807, 2.05) is 0 Å². The Morgan fingerprint density at radius 3 is 2.55 bits per heavy atom. The van der Waals surface area contributed by atoms with Gasteiger partial charge in [-0.15, -0.1) is 13.2 Å². The number of thioether (sulfide) groups is 1. The number of ether oxygens (including phenoxy) is 2. The maximum absolute atomic E-state index is 12.1. The van der Waals surface area contributed by atoms with Crippen LogP contribution in [0.1, 0.15) is 16.8 Å². The van der Waals surface area contributed by atoms with Gasteiger partial charge in [0.25, 0.3) is 5.91 Å². The molecule has 1 aliphatic heterocycles. The van der Waals surface area contributed by atoms with Crippen LogP contribution in [-0.4, -0.2) is 43.0 Å². The van der Waals surface area contributed by atoms with Gasteiger partial charge in [0.15, 0.2) is 0 Å². The van der Waals surface area contributed by atoms with E-state index >= 15 is 0 Å². The highest BCUT2D eigenvalue weighted by Crippen LogP contribution is 2.30. The number of benzene rings is 1. The van der Waals surface area contributed by atoms with E-state index in [1.54, 1.807) is 18.9 Å². The quantitative estimate of drug-likeness (QED) is 0.899. The summed E-state index contributed by atoms with van der Waals surface area (Å²) in [5.41, 5.74) is -0.0916. The first kappa shape index (κ1) is 17.0. The molecule has 0 aromatic heterocycles. The molecule has 0 spiro atoms. The fourth-order valence-corrected chi connectivity index (χ4v) is 3.51. The van der Waals surface area contributed by atoms with E-state index in [0.717, 1.165) is 30.1 Å². The zero-order valence-corrected chi connectivity index (χ0v) is 12.7. The second-order valence-electron chi connectivity index (χ2n) is 4.94. The average Bonchev–Trinajstić information content (AvgIpc) is 2.93. The van der Waals surface area contributed by atoms with Crippen LogP contribution in [0.25, 0.3) is 0 Å². The van der Waals surface area contributed by atoms with Gasteiger partial charge in [-0.05, 0) is 36.4 Å². The Labute approximate surface area is 130 Å². The van der Waals surface area contributed by atoms with Crippen LogP contribution in [0.2, 0.25) is 0 Å². The molecule has 1 heterocycles. The van der Waals surface area contributed by atoms with Crippen molar-refractivity contribution in [1.29, 1.82) is 0 Å². The highest BCUT2D eigenvalue weighted by atomic mass is 32.2.